The molecule has 4 rings (SSSR count). The molecule has 0 fully saturated rings. The number of rotatable bonds is 5. The van der Waals surface area contributed by atoms with Crippen LogP contribution in [0.15, 0.2) is 87.1 Å². The number of nitrogens with zero attached hydrogens (tertiary/aromatic N) is 2. The Kier molecular flexibility index (Phi) is 4.93. The molecular formula is C22H15FN2O3. The minimum absolute atomic E-state index is 0.113. The number of aromatic nitrogens is 1. The molecule has 2 aromatic carbocycles. The van der Waals surface area contributed by atoms with Crippen molar-refractivity contribution >= 4 is 22.9 Å². The third kappa shape index (κ3) is 4.12. The molecule has 2 heterocycles. The first kappa shape index (κ1) is 17.6. The number of benzene rings is 2. The molecule has 4 aromatic rings. The second-order valence-corrected chi connectivity index (χ2v) is 6.03. The molecule has 0 bridgehead atoms. The molecule has 0 spiro atoms. The molecule has 0 unspecified atom stereocenters. The number of aliphatic imine (C=N–C) groups is 1. The van der Waals surface area contributed by atoms with E-state index in [1.54, 1.807) is 24.5 Å². The van der Waals surface area contributed by atoms with Gasteiger partial charge in [-0.1, -0.05) is 6.07 Å². The Balaban J connectivity index is 1.48. The number of ether oxygens (including phenoxy) is 1. The summed E-state index contributed by atoms with van der Waals surface area (Å²) in [4.78, 5) is 20.2. The highest BCUT2D eigenvalue weighted by molar-refractivity contribution is 5.80. The van der Waals surface area contributed by atoms with E-state index in [2.05, 4.69) is 9.98 Å². The van der Waals surface area contributed by atoms with E-state index in [1.807, 2.05) is 30.3 Å². The second kappa shape index (κ2) is 7.84. The van der Waals surface area contributed by atoms with Gasteiger partial charge in [0.25, 0.3) is 0 Å². The van der Waals surface area contributed by atoms with Gasteiger partial charge in [-0.2, -0.15) is 0 Å². The summed E-state index contributed by atoms with van der Waals surface area (Å²) in [5.74, 6) is 0.201. The monoisotopic (exact) mass is 374 g/mol. The van der Waals surface area contributed by atoms with Crippen LogP contribution in [0.3, 0.4) is 0 Å². The van der Waals surface area contributed by atoms with Crippen LogP contribution in [-0.4, -0.2) is 11.2 Å². The summed E-state index contributed by atoms with van der Waals surface area (Å²) < 4.78 is 24.4. The zero-order valence-corrected chi connectivity index (χ0v) is 14.7. The molecule has 28 heavy (non-hydrogen) atoms. The Bertz CT molecular complexity index is 1190. The molecule has 0 amide bonds. The highest BCUT2D eigenvalue weighted by Gasteiger charge is 2.08. The summed E-state index contributed by atoms with van der Waals surface area (Å²) in [7, 11) is 0. The topological polar surface area (TPSA) is 64.7 Å². The van der Waals surface area contributed by atoms with Gasteiger partial charge in [0.2, 0.25) is 0 Å². The fourth-order valence-electron chi connectivity index (χ4n) is 2.70. The predicted octanol–water partition coefficient (Wildman–Crippen LogP) is 4.66. The van der Waals surface area contributed by atoms with Gasteiger partial charge in [-0.25, -0.2) is 9.18 Å². The van der Waals surface area contributed by atoms with Gasteiger partial charge < -0.3 is 9.15 Å². The van der Waals surface area contributed by atoms with Crippen molar-refractivity contribution in [3.8, 4) is 5.75 Å². The number of pyridine rings is 1. The number of hydrogen-bond donors (Lipinski definition) is 0. The van der Waals surface area contributed by atoms with Crippen molar-refractivity contribution in [1.82, 2.24) is 4.98 Å². The molecule has 0 saturated carbocycles. The van der Waals surface area contributed by atoms with Gasteiger partial charge in [-0.3, -0.25) is 9.98 Å². The van der Waals surface area contributed by atoms with E-state index in [1.165, 1.54) is 24.3 Å². The van der Waals surface area contributed by atoms with Gasteiger partial charge in [0.15, 0.2) is 0 Å². The zero-order chi connectivity index (χ0) is 19.3. The van der Waals surface area contributed by atoms with Crippen LogP contribution in [0.2, 0.25) is 0 Å². The van der Waals surface area contributed by atoms with Gasteiger partial charge in [-0.15, -0.1) is 0 Å². The van der Waals surface area contributed by atoms with E-state index < -0.39 is 11.4 Å². The van der Waals surface area contributed by atoms with Crippen LogP contribution in [0.5, 0.6) is 5.75 Å². The normalized spacial score (nSPS) is 11.2. The van der Waals surface area contributed by atoms with Crippen LogP contribution in [0.1, 0.15) is 11.3 Å². The molecule has 0 atom stereocenters. The molecular weight excluding hydrogens is 359 g/mol. The lowest BCUT2D eigenvalue weighted by atomic mass is 10.1. The lowest BCUT2D eigenvalue weighted by Crippen LogP contribution is -2.04. The van der Waals surface area contributed by atoms with Crippen LogP contribution in [-0.2, 0) is 6.61 Å². The average Bonchev–Trinajstić information content (AvgIpc) is 2.72. The van der Waals surface area contributed by atoms with Crippen LogP contribution >= 0.6 is 0 Å². The lowest BCUT2D eigenvalue weighted by molar-refractivity contribution is 0.306. The summed E-state index contributed by atoms with van der Waals surface area (Å²) in [6.07, 6.45) is 3.39. The Labute approximate surface area is 159 Å². The van der Waals surface area contributed by atoms with Crippen LogP contribution in [0, 0.1) is 5.82 Å². The first-order valence-corrected chi connectivity index (χ1v) is 8.58. The van der Waals surface area contributed by atoms with Gasteiger partial charge in [0, 0.05) is 23.2 Å². The maximum atomic E-state index is 13.5. The third-order valence-corrected chi connectivity index (χ3v) is 4.05. The molecule has 0 aliphatic rings. The Hall–Kier alpha value is -3.80. The van der Waals surface area contributed by atoms with Crippen molar-refractivity contribution in [2.75, 3.05) is 0 Å². The van der Waals surface area contributed by atoms with Crippen molar-refractivity contribution < 1.29 is 13.5 Å². The lowest BCUT2D eigenvalue weighted by Gasteiger charge is -2.08. The van der Waals surface area contributed by atoms with Crippen molar-refractivity contribution in [3.63, 3.8) is 0 Å². The molecule has 0 radical (unpaired) electrons. The fourth-order valence-corrected chi connectivity index (χ4v) is 2.70. The largest absolute Gasteiger partial charge is 0.489 e. The summed E-state index contributed by atoms with van der Waals surface area (Å²) in [6.45, 7) is 0.113. The van der Waals surface area contributed by atoms with Crippen LogP contribution in [0.4, 0.5) is 10.1 Å². The van der Waals surface area contributed by atoms with Crippen molar-refractivity contribution in [2.24, 2.45) is 4.99 Å². The van der Waals surface area contributed by atoms with E-state index in [0.717, 1.165) is 11.4 Å². The Morgan fingerprint density at radius 2 is 1.93 bits per heavy atom. The maximum Gasteiger partial charge on any atom is 0.336 e. The SMILES string of the molecule is O=c1cc(COc2ccc(N=Cc3ccccn3)cc2)c2cc(F)ccc2o1. The van der Waals surface area contributed by atoms with E-state index in [4.69, 9.17) is 9.15 Å². The van der Waals surface area contributed by atoms with E-state index >= 15 is 0 Å². The van der Waals surface area contributed by atoms with Gasteiger partial charge in [-0.05, 0) is 54.6 Å². The highest BCUT2D eigenvalue weighted by atomic mass is 19.1. The maximum absolute atomic E-state index is 13.5. The standard InChI is InChI=1S/C22H15FN2O3/c23-16-4-9-21-20(12-16)15(11-22(26)28-21)14-27-19-7-5-17(6-8-19)25-13-18-3-1-2-10-24-18/h1-13H,14H2. The Morgan fingerprint density at radius 3 is 2.71 bits per heavy atom. The second-order valence-electron chi connectivity index (χ2n) is 6.03. The molecule has 0 N–H and O–H groups in total. The summed E-state index contributed by atoms with van der Waals surface area (Å²) in [6, 6.07) is 18.1. The molecule has 0 aliphatic heterocycles. The zero-order valence-electron chi connectivity index (χ0n) is 14.7. The quantitative estimate of drug-likeness (QED) is 0.377. The van der Waals surface area contributed by atoms with Crippen molar-refractivity contribution in [3.05, 3.63) is 100 Å². The summed E-state index contributed by atoms with van der Waals surface area (Å²) in [5.41, 5.74) is 1.90. The number of halogens is 1. The van der Waals surface area contributed by atoms with Crippen molar-refractivity contribution in [1.29, 1.82) is 0 Å². The first-order chi connectivity index (χ1) is 13.7. The molecule has 2 aromatic heterocycles. The van der Waals surface area contributed by atoms with Crippen LogP contribution in [0.25, 0.3) is 11.0 Å². The predicted molar refractivity (Wildman–Crippen MR) is 105 cm³/mol. The highest BCUT2D eigenvalue weighted by Crippen LogP contribution is 2.22. The van der Waals surface area contributed by atoms with Gasteiger partial charge >= 0.3 is 5.63 Å². The molecule has 5 nitrogen and oxygen atoms in total. The van der Waals surface area contributed by atoms with E-state index in [9.17, 15) is 9.18 Å². The summed E-state index contributed by atoms with van der Waals surface area (Å²) in [5, 5.41) is 0.510. The van der Waals surface area contributed by atoms with Crippen LogP contribution < -0.4 is 10.4 Å². The smallest absolute Gasteiger partial charge is 0.336 e. The first-order valence-electron chi connectivity index (χ1n) is 8.58. The Morgan fingerprint density at radius 1 is 1.07 bits per heavy atom. The number of hydrogen-bond acceptors (Lipinski definition) is 5. The average molecular weight is 374 g/mol. The minimum Gasteiger partial charge on any atom is -0.489 e. The third-order valence-electron chi connectivity index (χ3n) is 4.05. The minimum atomic E-state index is -0.503. The number of fused-ring (bicyclic) bond motifs is 1. The van der Waals surface area contributed by atoms with Crippen molar-refractivity contribution in [2.45, 2.75) is 6.61 Å². The van der Waals surface area contributed by atoms with Gasteiger partial charge in [0.1, 0.15) is 23.8 Å². The van der Waals surface area contributed by atoms with Gasteiger partial charge in [0.05, 0.1) is 17.6 Å². The van der Waals surface area contributed by atoms with E-state index in [-0.39, 0.29) is 6.61 Å². The molecule has 0 saturated heterocycles. The molecule has 6 heteroatoms. The summed E-state index contributed by atoms with van der Waals surface area (Å²) >= 11 is 0. The van der Waals surface area contributed by atoms with E-state index in [0.29, 0.717) is 22.3 Å². The molecule has 138 valence electrons. The fraction of sp³-hybridized carbons (Fsp3) is 0.0455. The molecule has 0 aliphatic carbocycles.